The van der Waals surface area contributed by atoms with Crippen LogP contribution in [0.1, 0.15) is 13.3 Å². The number of hydrogen-bond acceptors (Lipinski definition) is 2. The number of nitrogens with one attached hydrogen (secondary N) is 1. The largest absolute Gasteiger partial charge is 0.326 e. The summed E-state index contributed by atoms with van der Waals surface area (Å²) in [5, 5.41) is 0.606. The summed E-state index contributed by atoms with van der Waals surface area (Å²) in [5.74, 6) is 0.552. The lowest BCUT2D eigenvalue weighted by atomic mass is 10.1. The van der Waals surface area contributed by atoms with Crippen molar-refractivity contribution in [1.29, 1.82) is 0 Å². The Hall–Kier alpha value is -1.26. The van der Waals surface area contributed by atoms with E-state index < -0.39 is 0 Å². The number of para-hydroxylation sites is 1. The second-order valence-electron chi connectivity index (χ2n) is 5.22. The van der Waals surface area contributed by atoms with Crippen molar-refractivity contribution in [2.24, 2.45) is 5.92 Å². The van der Waals surface area contributed by atoms with E-state index in [0.717, 1.165) is 43.6 Å². The average Bonchev–Trinajstić information content (AvgIpc) is 2.97. The molecule has 0 saturated carbocycles. The quantitative estimate of drug-likeness (QED) is 0.937. The lowest BCUT2D eigenvalue weighted by Crippen LogP contribution is -2.24. The molecular weight excluding hydrogens is 262 g/mol. The molecule has 1 unspecified atom stereocenters. The van der Waals surface area contributed by atoms with E-state index in [1.165, 1.54) is 0 Å². The Morgan fingerprint density at radius 2 is 2.32 bits per heavy atom. The van der Waals surface area contributed by atoms with Crippen LogP contribution in [0.5, 0.6) is 0 Å². The highest BCUT2D eigenvalue weighted by atomic mass is 35.5. The molecule has 19 heavy (non-hydrogen) atoms. The molecule has 1 aliphatic heterocycles. The van der Waals surface area contributed by atoms with Crippen LogP contribution >= 0.6 is 11.6 Å². The van der Waals surface area contributed by atoms with Crippen LogP contribution in [0.15, 0.2) is 23.0 Å². The number of hydrogen-bond donors (Lipinski definition) is 1. The summed E-state index contributed by atoms with van der Waals surface area (Å²) in [5.41, 5.74) is 1.60. The van der Waals surface area contributed by atoms with Crippen molar-refractivity contribution in [2.75, 3.05) is 19.6 Å². The van der Waals surface area contributed by atoms with Crippen molar-refractivity contribution in [1.82, 2.24) is 14.5 Å². The van der Waals surface area contributed by atoms with Crippen LogP contribution < -0.4 is 5.69 Å². The van der Waals surface area contributed by atoms with Gasteiger partial charge in [-0.25, -0.2) is 4.79 Å². The van der Waals surface area contributed by atoms with Gasteiger partial charge in [0.2, 0.25) is 0 Å². The maximum atomic E-state index is 12.1. The van der Waals surface area contributed by atoms with Gasteiger partial charge in [0, 0.05) is 13.1 Å². The Morgan fingerprint density at radius 1 is 1.47 bits per heavy atom. The molecular formula is C14H18ClN3O. The minimum Gasteiger partial charge on any atom is -0.304 e. The van der Waals surface area contributed by atoms with Crippen molar-refractivity contribution in [3.05, 3.63) is 33.7 Å². The van der Waals surface area contributed by atoms with Gasteiger partial charge in [-0.2, -0.15) is 0 Å². The number of imidazole rings is 1. The first-order valence-electron chi connectivity index (χ1n) is 6.78. The monoisotopic (exact) mass is 279 g/mol. The zero-order chi connectivity index (χ0) is 13.4. The smallest absolute Gasteiger partial charge is 0.304 e. The molecule has 0 spiro atoms. The van der Waals surface area contributed by atoms with Crippen LogP contribution in [-0.4, -0.2) is 34.1 Å². The van der Waals surface area contributed by atoms with Crippen molar-refractivity contribution in [3.63, 3.8) is 0 Å². The number of nitrogens with zero attached hydrogens (tertiary/aromatic N) is 2. The van der Waals surface area contributed by atoms with Crippen LogP contribution in [0.3, 0.4) is 0 Å². The van der Waals surface area contributed by atoms with E-state index in [1.807, 2.05) is 16.7 Å². The topological polar surface area (TPSA) is 41.0 Å². The van der Waals surface area contributed by atoms with Gasteiger partial charge in [-0.3, -0.25) is 4.57 Å². The normalized spacial score (nSPS) is 20.4. The molecule has 2 aromatic rings. The summed E-state index contributed by atoms with van der Waals surface area (Å²) in [6.07, 6.45) is 1.16. The molecule has 0 amide bonds. The Labute approximate surface area is 117 Å². The van der Waals surface area contributed by atoms with Crippen molar-refractivity contribution in [3.8, 4) is 0 Å². The number of aromatic nitrogens is 2. The third-order valence-corrected chi connectivity index (χ3v) is 4.33. The second kappa shape index (κ2) is 5.02. The number of aromatic amines is 1. The van der Waals surface area contributed by atoms with Gasteiger partial charge >= 0.3 is 5.69 Å². The maximum absolute atomic E-state index is 12.1. The molecule has 1 atom stereocenters. The summed E-state index contributed by atoms with van der Waals surface area (Å²) in [6.45, 7) is 6.26. The molecule has 5 heteroatoms. The fraction of sp³-hybridized carbons (Fsp3) is 0.500. The number of fused-ring (bicyclic) bond motifs is 1. The predicted octanol–water partition coefficient (Wildman–Crippen LogP) is 2.32. The lowest BCUT2D eigenvalue weighted by Gasteiger charge is -2.13. The highest BCUT2D eigenvalue weighted by Gasteiger charge is 2.23. The van der Waals surface area contributed by atoms with Crippen LogP contribution in [-0.2, 0) is 6.54 Å². The molecule has 1 aliphatic rings. The number of likely N-dealkylation sites (tertiary alicyclic amines) is 1. The van der Waals surface area contributed by atoms with Crippen LogP contribution in [0.4, 0.5) is 0 Å². The molecule has 1 N–H and O–H groups in total. The predicted molar refractivity (Wildman–Crippen MR) is 77.8 cm³/mol. The summed E-state index contributed by atoms with van der Waals surface area (Å²) in [6, 6.07) is 5.64. The lowest BCUT2D eigenvalue weighted by molar-refractivity contribution is 0.333. The Bertz CT molecular complexity index is 646. The highest BCUT2D eigenvalue weighted by molar-refractivity contribution is 6.34. The SMILES string of the molecule is CCN1CCC(Cn2c(=O)[nH]c3c(Cl)cccc32)C1. The molecule has 4 nitrogen and oxygen atoms in total. The summed E-state index contributed by atoms with van der Waals surface area (Å²) in [4.78, 5) is 17.3. The van der Waals surface area contributed by atoms with Gasteiger partial charge in [0.25, 0.3) is 0 Å². The number of rotatable bonds is 3. The third kappa shape index (κ3) is 2.30. The molecule has 1 saturated heterocycles. The summed E-state index contributed by atoms with van der Waals surface area (Å²) >= 11 is 6.11. The van der Waals surface area contributed by atoms with E-state index in [1.54, 1.807) is 6.07 Å². The zero-order valence-electron chi connectivity index (χ0n) is 11.0. The third-order valence-electron chi connectivity index (χ3n) is 4.02. The standard InChI is InChI=1S/C14H18ClN3O/c1-2-17-7-6-10(8-17)9-18-12-5-3-4-11(15)13(12)16-14(18)19/h3-5,10H,2,6-9H2,1H3,(H,16,19). The zero-order valence-corrected chi connectivity index (χ0v) is 11.8. The van der Waals surface area contributed by atoms with E-state index in [2.05, 4.69) is 16.8 Å². The summed E-state index contributed by atoms with van der Waals surface area (Å²) in [7, 11) is 0. The second-order valence-corrected chi connectivity index (χ2v) is 5.63. The molecule has 1 aromatic carbocycles. The first-order valence-corrected chi connectivity index (χ1v) is 7.16. The van der Waals surface area contributed by atoms with Crippen molar-refractivity contribution >= 4 is 22.6 Å². The van der Waals surface area contributed by atoms with Crippen molar-refractivity contribution in [2.45, 2.75) is 19.9 Å². The molecule has 102 valence electrons. The fourth-order valence-corrected chi connectivity index (χ4v) is 3.15. The van der Waals surface area contributed by atoms with Crippen molar-refractivity contribution < 1.29 is 0 Å². The van der Waals surface area contributed by atoms with Gasteiger partial charge in [-0.05, 0) is 37.6 Å². The fourth-order valence-electron chi connectivity index (χ4n) is 2.93. The molecule has 0 radical (unpaired) electrons. The number of H-pyrrole nitrogens is 1. The van der Waals surface area contributed by atoms with Gasteiger partial charge in [0.05, 0.1) is 16.1 Å². The molecule has 1 aromatic heterocycles. The van der Waals surface area contributed by atoms with E-state index in [9.17, 15) is 4.79 Å². The van der Waals surface area contributed by atoms with Gasteiger partial charge in [0.15, 0.2) is 0 Å². The van der Waals surface area contributed by atoms with Crippen LogP contribution in [0, 0.1) is 5.92 Å². The Kier molecular flexibility index (Phi) is 3.37. The van der Waals surface area contributed by atoms with E-state index >= 15 is 0 Å². The Morgan fingerprint density at radius 3 is 3.05 bits per heavy atom. The highest BCUT2D eigenvalue weighted by Crippen LogP contribution is 2.23. The molecule has 0 bridgehead atoms. The molecule has 2 heterocycles. The number of benzene rings is 1. The Balaban J connectivity index is 1.91. The van der Waals surface area contributed by atoms with E-state index in [4.69, 9.17) is 11.6 Å². The maximum Gasteiger partial charge on any atom is 0.326 e. The van der Waals surface area contributed by atoms with Crippen LogP contribution in [0.2, 0.25) is 5.02 Å². The van der Waals surface area contributed by atoms with E-state index in [0.29, 0.717) is 10.9 Å². The minimum absolute atomic E-state index is 0.0574. The van der Waals surface area contributed by atoms with Gasteiger partial charge < -0.3 is 9.88 Å². The molecule has 0 aliphatic carbocycles. The molecule has 3 rings (SSSR count). The van der Waals surface area contributed by atoms with Gasteiger partial charge in [0.1, 0.15) is 0 Å². The molecule has 1 fully saturated rings. The number of halogens is 1. The summed E-state index contributed by atoms with van der Waals surface area (Å²) < 4.78 is 1.82. The minimum atomic E-state index is -0.0574. The van der Waals surface area contributed by atoms with Gasteiger partial charge in [-0.15, -0.1) is 0 Å². The first-order chi connectivity index (χ1) is 9.19. The van der Waals surface area contributed by atoms with Gasteiger partial charge in [-0.1, -0.05) is 24.6 Å². The average molecular weight is 280 g/mol. The first kappa shape index (κ1) is 12.8. The van der Waals surface area contributed by atoms with E-state index in [-0.39, 0.29) is 5.69 Å². The van der Waals surface area contributed by atoms with Crippen LogP contribution in [0.25, 0.3) is 11.0 Å².